The number of hydrogen-bond donors (Lipinski definition) is 0. The van der Waals surface area contributed by atoms with Gasteiger partial charge in [-0.05, 0) is 18.8 Å². The molecule has 1 aromatic heterocycles. The number of nitrogens with zero attached hydrogens (tertiary/aromatic N) is 3. The normalized spacial score (nSPS) is 17.9. The molecule has 0 spiro atoms. The standard InChI is InChI=1S/C20H20F3N3O4S2/c1-4-18-24-17(12-31-18)19(27)26(14-8-15(29-2)10-16(9-14)30-3)13-6-5-7-25(11-13)32(28)20(21,22)23/h1,8-10,12-13H,5-7,11H2,2-3H3. The van der Waals surface area contributed by atoms with Crippen LogP contribution in [0.3, 0.4) is 0 Å². The number of terminal acetylenes is 1. The molecule has 1 aliphatic heterocycles. The van der Waals surface area contributed by atoms with E-state index in [2.05, 4.69) is 10.9 Å². The van der Waals surface area contributed by atoms with Crippen LogP contribution in [-0.4, -0.2) is 58.3 Å². The second-order valence-corrected chi connectivity index (χ2v) is 9.14. The zero-order chi connectivity index (χ0) is 23.5. The Morgan fingerprint density at radius 2 is 1.97 bits per heavy atom. The fourth-order valence-corrected chi connectivity index (χ4v) is 4.91. The van der Waals surface area contributed by atoms with Crippen molar-refractivity contribution in [3.8, 4) is 23.8 Å². The molecule has 2 atom stereocenters. The summed E-state index contributed by atoms with van der Waals surface area (Å²) < 4.78 is 62.5. The molecule has 1 aromatic carbocycles. The smallest absolute Gasteiger partial charge is 0.485 e. The van der Waals surface area contributed by atoms with Gasteiger partial charge in [-0.15, -0.1) is 17.8 Å². The molecule has 1 aliphatic rings. The summed E-state index contributed by atoms with van der Waals surface area (Å²) in [5, 5.41) is 1.80. The van der Waals surface area contributed by atoms with E-state index in [1.165, 1.54) is 24.5 Å². The number of halogens is 3. The Kier molecular flexibility index (Phi) is 7.43. The minimum atomic E-state index is -4.88. The van der Waals surface area contributed by atoms with E-state index in [9.17, 15) is 22.2 Å². The van der Waals surface area contributed by atoms with Gasteiger partial charge < -0.3 is 14.4 Å². The number of piperidine rings is 1. The van der Waals surface area contributed by atoms with Gasteiger partial charge in [-0.2, -0.15) is 13.2 Å². The minimum Gasteiger partial charge on any atom is -0.497 e. The second-order valence-electron chi connectivity index (χ2n) is 6.81. The van der Waals surface area contributed by atoms with Crippen LogP contribution in [0, 0.1) is 12.3 Å². The third kappa shape index (κ3) is 5.23. The first-order valence-corrected chi connectivity index (χ1v) is 11.4. The van der Waals surface area contributed by atoms with Gasteiger partial charge in [0.1, 0.15) is 17.2 Å². The molecule has 3 rings (SSSR count). The fraction of sp³-hybridized carbons (Fsp3) is 0.400. The lowest BCUT2D eigenvalue weighted by molar-refractivity contribution is -0.0433. The van der Waals surface area contributed by atoms with Crippen molar-refractivity contribution in [2.75, 3.05) is 32.2 Å². The molecule has 2 aromatic rings. The molecular formula is C20H20F3N3O4S2. The highest BCUT2D eigenvalue weighted by Crippen LogP contribution is 2.34. The van der Waals surface area contributed by atoms with E-state index in [1.807, 2.05) is 0 Å². The highest BCUT2D eigenvalue weighted by Gasteiger charge is 2.44. The summed E-state index contributed by atoms with van der Waals surface area (Å²) in [6, 6.07) is 4.07. The van der Waals surface area contributed by atoms with Gasteiger partial charge in [-0.1, -0.05) is 0 Å². The summed E-state index contributed by atoms with van der Waals surface area (Å²) in [5.74, 6) is 2.61. The van der Waals surface area contributed by atoms with E-state index in [0.717, 1.165) is 15.6 Å². The number of carbonyl (C=O) groups excluding carboxylic acids is 1. The SMILES string of the molecule is C#Cc1nc(C(=O)N(c2cc(OC)cc(OC)c2)C2CCCN(S(=O)C(F)(F)F)C2)cs1. The molecular weight excluding hydrogens is 467 g/mol. The summed E-state index contributed by atoms with van der Waals surface area (Å²) in [4.78, 5) is 18.9. The zero-order valence-electron chi connectivity index (χ0n) is 17.2. The first-order valence-electron chi connectivity index (χ1n) is 9.40. The van der Waals surface area contributed by atoms with E-state index in [-0.39, 0.29) is 18.8 Å². The summed E-state index contributed by atoms with van der Waals surface area (Å²) in [5.41, 5.74) is -4.46. The Hall–Kier alpha value is -2.62. The Morgan fingerprint density at radius 1 is 1.31 bits per heavy atom. The molecule has 172 valence electrons. The van der Waals surface area contributed by atoms with Crippen molar-refractivity contribution in [3.63, 3.8) is 0 Å². The molecule has 0 N–H and O–H groups in total. The van der Waals surface area contributed by atoms with Crippen LogP contribution < -0.4 is 14.4 Å². The average molecular weight is 488 g/mol. The van der Waals surface area contributed by atoms with Gasteiger partial charge in [0.2, 0.25) is 11.0 Å². The molecule has 1 fully saturated rings. The molecule has 7 nitrogen and oxygen atoms in total. The topological polar surface area (TPSA) is 72.0 Å². The van der Waals surface area contributed by atoms with E-state index in [1.54, 1.807) is 18.2 Å². The van der Waals surface area contributed by atoms with Crippen molar-refractivity contribution in [2.24, 2.45) is 0 Å². The van der Waals surface area contributed by atoms with Crippen LogP contribution in [-0.2, 0) is 11.0 Å². The zero-order valence-corrected chi connectivity index (χ0v) is 18.9. The summed E-state index contributed by atoms with van der Waals surface area (Å²) >= 11 is 1.11. The largest absolute Gasteiger partial charge is 0.497 e. The second kappa shape index (κ2) is 9.89. The number of alkyl halides is 3. The summed E-state index contributed by atoms with van der Waals surface area (Å²) in [7, 11) is -0.291. The Balaban J connectivity index is 2.03. The first-order chi connectivity index (χ1) is 15.2. The van der Waals surface area contributed by atoms with Gasteiger partial charge >= 0.3 is 5.51 Å². The molecule has 0 bridgehead atoms. The van der Waals surface area contributed by atoms with Crippen molar-refractivity contribution >= 4 is 33.9 Å². The third-order valence-electron chi connectivity index (χ3n) is 4.84. The van der Waals surface area contributed by atoms with E-state index >= 15 is 0 Å². The van der Waals surface area contributed by atoms with Crippen molar-refractivity contribution < 1.29 is 31.6 Å². The molecule has 1 amide bonds. The Labute approximate surface area is 189 Å². The van der Waals surface area contributed by atoms with Crippen LogP contribution >= 0.6 is 11.3 Å². The molecule has 2 unspecified atom stereocenters. The van der Waals surface area contributed by atoms with E-state index in [4.69, 9.17) is 15.9 Å². The highest BCUT2D eigenvalue weighted by molar-refractivity contribution is 7.83. The van der Waals surface area contributed by atoms with Gasteiger partial charge in [-0.25, -0.2) is 13.5 Å². The highest BCUT2D eigenvalue weighted by atomic mass is 32.2. The predicted octanol–water partition coefficient (Wildman–Crippen LogP) is 3.44. The van der Waals surface area contributed by atoms with Gasteiger partial charge in [-0.3, -0.25) is 4.79 Å². The van der Waals surface area contributed by atoms with E-state index in [0.29, 0.717) is 35.0 Å². The maximum atomic E-state index is 13.4. The molecule has 12 heteroatoms. The number of anilines is 1. The molecule has 2 heterocycles. The lowest BCUT2D eigenvalue weighted by Gasteiger charge is -2.38. The predicted molar refractivity (Wildman–Crippen MR) is 115 cm³/mol. The van der Waals surface area contributed by atoms with Crippen molar-refractivity contribution in [1.29, 1.82) is 0 Å². The van der Waals surface area contributed by atoms with Crippen molar-refractivity contribution in [3.05, 3.63) is 34.3 Å². The fourth-order valence-electron chi connectivity index (χ4n) is 3.42. The van der Waals surface area contributed by atoms with Gasteiger partial charge in [0.15, 0.2) is 5.01 Å². The van der Waals surface area contributed by atoms with Crippen LogP contribution in [0.4, 0.5) is 18.9 Å². The number of hydrogen-bond acceptors (Lipinski definition) is 6. The number of aromatic nitrogens is 1. The van der Waals surface area contributed by atoms with Gasteiger partial charge in [0.05, 0.1) is 25.9 Å². The van der Waals surface area contributed by atoms with Crippen LogP contribution in [0.15, 0.2) is 23.6 Å². The first kappa shape index (κ1) is 24.0. The lowest BCUT2D eigenvalue weighted by Crippen LogP contribution is -2.52. The number of benzene rings is 1. The van der Waals surface area contributed by atoms with Gasteiger partial charge in [0, 0.05) is 36.7 Å². The number of ether oxygens (including phenoxy) is 2. The Bertz CT molecular complexity index is 1030. The molecule has 32 heavy (non-hydrogen) atoms. The summed E-state index contributed by atoms with van der Waals surface area (Å²) in [6.07, 6.45) is 6.08. The number of carbonyl (C=O) groups is 1. The molecule has 1 saturated heterocycles. The van der Waals surface area contributed by atoms with Crippen LogP contribution in [0.25, 0.3) is 0 Å². The number of methoxy groups -OCH3 is 2. The minimum absolute atomic E-state index is 0.00399. The molecule has 0 saturated carbocycles. The van der Waals surface area contributed by atoms with Crippen molar-refractivity contribution in [2.45, 2.75) is 24.4 Å². The van der Waals surface area contributed by atoms with Crippen LogP contribution in [0.5, 0.6) is 11.5 Å². The van der Waals surface area contributed by atoms with Crippen LogP contribution in [0.1, 0.15) is 28.3 Å². The van der Waals surface area contributed by atoms with Crippen molar-refractivity contribution in [1.82, 2.24) is 9.29 Å². The monoisotopic (exact) mass is 487 g/mol. The number of rotatable bonds is 6. The van der Waals surface area contributed by atoms with E-state index < -0.39 is 28.4 Å². The third-order valence-corrected chi connectivity index (χ3v) is 6.81. The Morgan fingerprint density at radius 3 is 2.50 bits per heavy atom. The number of amides is 1. The average Bonchev–Trinajstić information content (AvgIpc) is 3.27. The maximum absolute atomic E-state index is 13.4. The maximum Gasteiger partial charge on any atom is 0.485 e. The lowest BCUT2D eigenvalue weighted by atomic mass is 10.0. The summed E-state index contributed by atoms with van der Waals surface area (Å²) in [6.45, 7) is -0.229. The molecule has 0 radical (unpaired) electrons. The van der Waals surface area contributed by atoms with Gasteiger partial charge in [0.25, 0.3) is 5.91 Å². The van der Waals surface area contributed by atoms with Crippen LogP contribution in [0.2, 0.25) is 0 Å². The number of thiazole rings is 1. The molecule has 0 aliphatic carbocycles. The quantitative estimate of drug-likeness (QED) is 0.584.